The summed E-state index contributed by atoms with van der Waals surface area (Å²) < 4.78 is 6.16. The first-order valence-electron chi connectivity index (χ1n) is 11.4. The number of benzene rings is 2. The van der Waals surface area contributed by atoms with E-state index in [1.54, 1.807) is 11.8 Å². The predicted octanol–water partition coefficient (Wildman–Crippen LogP) is 9.00. The second-order valence-electron chi connectivity index (χ2n) is 7.99. The number of hydrogen-bond donors (Lipinski definition) is 1. The van der Waals surface area contributed by atoms with Gasteiger partial charge in [0.25, 0.3) is 5.22 Å². The average Bonchev–Trinajstić information content (AvgIpc) is 3.22. The van der Waals surface area contributed by atoms with Crippen LogP contribution < -0.4 is 0 Å². The lowest BCUT2D eigenvalue weighted by Gasteiger charge is -2.02. The first-order chi connectivity index (χ1) is 16.0. The Hall–Kier alpha value is -1.95. The van der Waals surface area contributed by atoms with E-state index >= 15 is 0 Å². The fourth-order valence-electron chi connectivity index (χ4n) is 3.56. The summed E-state index contributed by atoms with van der Waals surface area (Å²) in [6.07, 6.45) is 9.10. The minimum atomic E-state index is -0.695. The first-order valence-corrected chi connectivity index (χ1v) is 13.1. The highest BCUT2D eigenvalue weighted by Crippen LogP contribution is 2.36. The maximum absolute atomic E-state index is 10.5. The fraction of sp³-hybridized carbons (Fsp3) is 0.385. The molecule has 0 atom stereocenters. The van der Waals surface area contributed by atoms with Crippen molar-refractivity contribution in [2.24, 2.45) is 0 Å². The van der Waals surface area contributed by atoms with E-state index in [4.69, 9.17) is 37.7 Å². The van der Waals surface area contributed by atoms with Crippen LogP contribution in [0.1, 0.15) is 57.8 Å². The molecule has 1 N–H and O–H groups in total. The summed E-state index contributed by atoms with van der Waals surface area (Å²) in [5, 5.41) is 10.7. The Morgan fingerprint density at radius 3 is 1.88 bits per heavy atom. The zero-order valence-corrected chi connectivity index (χ0v) is 20.9. The zero-order chi connectivity index (χ0) is 23.5. The number of rotatable bonds is 14. The van der Waals surface area contributed by atoms with Crippen LogP contribution in [0.15, 0.2) is 58.2 Å². The van der Waals surface area contributed by atoms with Gasteiger partial charge in [0.2, 0.25) is 0 Å². The topological polar surface area (TPSA) is 63.3 Å². The van der Waals surface area contributed by atoms with Gasteiger partial charge in [-0.15, -0.1) is 0 Å². The van der Waals surface area contributed by atoms with E-state index in [0.29, 0.717) is 15.3 Å². The molecule has 0 aliphatic heterocycles. The Morgan fingerprint density at radius 2 is 1.30 bits per heavy atom. The van der Waals surface area contributed by atoms with Gasteiger partial charge in [0.15, 0.2) is 5.76 Å². The molecular formula is C26H29Cl2NO3S. The molecule has 176 valence electrons. The molecule has 0 unspecified atom stereocenters. The van der Waals surface area contributed by atoms with E-state index in [1.807, 2.05) is 48.5 Å². The maximum Gasteiger partial charge on any atom is 0.303 e. The number of aromatic nitrogens is 1. The minimum absolute atomic E-state index is 0.289. The largest absolute Gasteiger partial charge is 0.481 e. The van der Waals surface area contributed by atoms with Crippen LogP contribution >= 0.6 is 35.0 Å². The van der Waals surface area contributed by atoms with Gasteiger partial charge < -0.3 is 9.52 Å². The van der Waals surface area contributed by atoms with E-state index in [1.165, 1.54) is 25.7 Å². The van der Waals surface area contributed by atoms with Crippen LogP contribution in [0, 0.1) is 0 Å². The molecule has 1 aromatic heterocycles. The molecule has 3 rings (SSSR count). The van der Waals surface area contributed by atoms with Crippen molar-refractivity contribution in [3.63, 3.8) is 0 Å². The van der Waals surface area contributed by atoms with Crippen LogP contribution in [0.4, 0.5) is 0 Å². The van der Waals surface area contributed by atoms with Crippen molar-refractivity contribution >= 4 is 40.9 Å². The van der Waals surface area contributed by atoms with Crippen molar-refractivity contribution in [3.05, 3.63) is 58.6 Å². The van der Waals surface area contributed by atoms with Crippen LogP contribution in [0.2, 0.25) is 10.0 Å². The Bertz CT molecular complexity index is 940. The highest BCUT2D eigenvalue weighted by Gasteiger charge is 2.17. The third-order valence-electron chi connectivity index (χ3n) is 5.34. The third-order valence-corrected chi connectivity index (χ3v) is 6.76. The second-order valence-corrected chi connectivity index (χ2v) is 9.91. The zero-order valence-electron chi connectivity index (χ0n) is 18.6. The lowest BCUT2D eigenvalue weighted by Crippen LogP contribution is -1.93. The van der Waals surface area contributed by atoms with Gasteiger partial charge in [0, 0.05) is 33.3 Å². The fourth-order valence-corrected chi connectivity index (χ4v) is 4.63. The van der Waals surface area contributed by atoms with Crippen LogP contribution in [0.5, 0.6) is 0 Å². The summed E-state index contributed by atoms with van der Waals surface area (Å²) in [5.74, 6) is 0.998. The minimum Gasteiger partial charge on any atom is -0.481 e. The molecule has 0 saturated heterocycles. The predicted molar refractivity (Wildman–Crippen MR) is 137 cm³/mol. The molecule has 0 aliphatic carbocycles. The molecule has 7 heteroatoms. The number of halogens is 2. The molecule has 0 radical (unpaired) electrons. The monoisotopic (exact) mass is 505 g/mol. The summed E-state index contributed by atoms with van der Waals surface area (Å²) in [7, 11) is 0. The van der Waals surface area contributed by atoms with Gasteiger partial charge in [-0.25, -0.2) is 4.98 Å². The van der Waals surface area contributed by atoms with Gasteiger partial charge in [-0.3, -0.25) is 4.79 Å². The van der Waals surface area contributed by atoms with Gasteiger partial charge in [-0.05, 0) is 49.2 Å². The lowest BCUT2D eigenvalue weighted by molar-refractivity contribution is -0.137. The number of carbonyl (C=O) groups is 1. The second kappa shape index (κ2) is 13.7. The van der Waals surface area contributed by atoms with E-state index in [-0.39, 0.29) is 6.42 Å². The molecule has 1 heterocycles. The van der Waals surface area contributed by atoms with Gasteiger partial charge in [-0.1, -0.05) is 85.6 Å². The number of aliphatic carboxylic acids is 1. The summed E-state index contributed by atoms with van der Waals surface area (Å²) in [6.45, 7) is 0. The first kappa shape index (κ1) is 25.7. The van der Waals surface area contributed by atoms with Gasteiger partial charge in [-0.2, -0.15) is 0 Å². The van der Waals surface area contributed by atoms with Crippen LogP contribution in [-0.2, 0) is 4.79 Å². The number of hydrogen-bond acceptors (Lipinski definition) is 4. The smallest absolute Gasteiger partial charge is 0.303 e. The molecule has 0 bridgehead atoms. The molecule has 2 aromatic carbocycles. The molecule has 4 nitrogen and oxygen atoms in total. The third kappa shape index (κ3) is 8.73. The van der Waals surface area contributed by atoms with Crippen molar-refractivity contribution in [1.29, 1.82) is 0 Å². The number of thioether (sulfide) groups is 1. The van der Waals surface area contributed by atoms with Gasteiger partial charge in [0.1, 0.15) is 5.69 Å². The number of unbranched alkanes of at least 4 members (excludes halogenated alkanes) is 7. The average molecular weight is 506 g/mol. The summed E-state index contributed by atoms with van der Waals surface area (Å²) in [4.78, 5) is 15.3. The van der Waals surface area contributed by atoms with Crippen molar-refractivity contribution in [2.45, 2.75) is 63.0 Å². The molecule has 0 saturated carbocycles. The van der Waals surface area contributed by atoms with Crippen LogP contribution in [0.3, 0.4) is 0 Å². The van der Waals surface area contributed by atoms with Crippen molar-refractivity contribution in [3.8, 4) is 22.6 Å². The molecular weight excluding hydrogens is 477 g/mol. The number of nitrogens with zero attached hydrogens (tertiary/aromatic N) is 1. The van der Waals surface area contributed by atoms with E-state index in [2.05, 4.69) is 0 Å². The Kier molecular flexibility index (Phi) is 10.6. The van der Waals surface area contributed by atoms with E-state index < -0.39 is 5.97 Å². The van der Waals surface area contributed by atoms with Crippen molar-refractivity contribution < 1.29 is 14.3 Å². The van der Waals surface area contributed by atoms with Crippen LogP contribution in [-0.4, -0.2) is 21.8 Å². The number of carboxylic acids is 1. The van der Waals surface area contributed by atoms with E-state index in [0.717, 1.165) is 54.0 Å². The van der Waals surface area contributed by atoms with Crippen LogP contribution in [0.25, 0.3) is 22.6 Å². The Morgan fingerprint density at radius 1 is 0.788 bits per heavy atom. The highest BCUT2D eigenvalue weighted by atomic mass is 35.5. The summed E-state index contributed by atoms with van der Waals surface area (Å²) in [6, 6.07) is 15.2. The lowest BCUT2D eigenvalue weighted by atomic mass is 10.1. The quantitative estimate of drug-likeness (QED) is 0.175. The Labute approximate surface area is 209 Å². The molecule has 0 aliphatic rings. The van der Waals surface area contributed by atoms with Crippen molar-refractivity contribution in [2.75, 3.05) is 5.75 Å². The molecule has 33 heavy (non-hydrogen) atoms. The maximum atomic E-state index is 10.5. The molecule has 0 amide bonds. The number of carboxylic acid groups (broad SMARTS) is 1. The van der Waals surface area contributed by atoms with Gasteiger partial charge >= 0.3 is 5.97 Å². The molecule has 0 fully saturated rings. The Balaban J connectivity index is 1.48. The molecule has 0 spiro atoms. The summed E-state index contributed by atoms with van der Waals surface area (Å²) >= 11 is 13.8. The normalized spacial score (nSPS) is 11.1. The number of oxazole rings is 1. The van der Waals surface area contributed by atoms with E-state index in [9.17, 15) is 4.79 Å². The summed E-state index contributed by atoms with van der Waals surface area (Å²) in [5.41, 5.74) is 2.70. The van der Waals surface area contributed by atoms with Gasteiger partial charge in [0.05, 0.1) is 0 Å². The standard InChI is InChI=1S/C26H29Cl2NO3S/c27-21-14-10-19(11-15-21)24-25(20-12-16-22(28)17-13-20)32-26(29-24)33-18-8-6-4-2-1-3-5-7-9-23(30)31/h10-17H,1-9,18H2,(H,30,31). The molecule has 3 aromatic rings. The SMILES string of the molecule is O=C(O)CCCCCCCCCCSc1nc(-c2ccc(Cl)cc2)c(-c2ccc(Cl)cc2)o1. The van der Waals surface area contributed by atoms with Crippen molar-refractivity contribution in [1.82, 2.24) is 4.98 Å². The highest BCUT2D eigenvalue weighted by molar-refractivity contribution is 7.99.